The summed E-state index contributed by atoms with van der Waals surface area (Å²) in [6.07, 6.45) is 2.06. The first-order valence-corrected chi connectivity index (χ1v) is 10.3. The van der Waals surface area contributed by atoms with E-state index in [1.807, 2.05) is 18.2 Å². The smallest absolute Gasteiger partial charge is 0.150 e. The van der Waals surface area contributed by atoms with Crippen molar-refractivity contribution in [1.82, 2.24) is 5.32 Å². The molecule has 0 spiro atoms. The van der Waals surface area contributed by atoms with Gasteiger partial charge in [-0.15, -0.1) is 0 Å². The molecule has 3 atom stereocenters. The molecule has 1 aromatic rings. The van der Waals surface area contributed by atoms with Crippen LogP contribution in [0.1, 0.15) is 32.3 Å². The van der Waals surface area contributed by atoms with Gasteiger partial charge in [0.1, 0.15) is 0 Å². The molecule has 0 unspecified atom stereocenters. The normalized spacial score (nSPS) is 31.7. The molecular formula is C18H27NO3S. The molecule has 0 amide bonds. The fraction of sp³-hybridized carbons (Fsp3) is 0.667. The number of sulfone groups is 1. The van der Waals surface area contributed by atoms with Crippen molar-refractivity contribution in [3.63, 3.8) is 0 Å². The third-order valence-electron chi connectivity index (χ3n) is 5.45. The maximum Gasteiger partial charge on any atom is 0.150 e. The van der Waals surface area contributed by atoms with E-state index in [0.29, 0.717) is 24.2 Å². The Balaban J connectivity index is 1.43. The first kappa shape index (κ1) is 16.9. The summed E-state index contributed by atoms with van der Waals surface area (Å²) in [6.45, 7) is 5.92. The molecule has 1 saturated heterocycles. The van der Waals surface area contributed by atoms with Crippen molar-refractivity contribution in [3.05, 3.63) is 35.9 Å². The lowest BCUT2D eigenvalue weighted by molar-refractivity contribution is -0.125. The zero-order valence-electron chi connectivity index (χ0n) is 14.0. The molecule has 0 bridgehead atoms. The maximum atomic E-state index is 11.5. The summed E-state index contributed by atoms with van der Waals surface area (Å²) in [5.74, 6) is 0.984. The molecule has 23 heavy (non-hydrogen) atoms. The van der Waals surface area contributed by atoms with Gasteiger partial charge in [0.2, 0.25) is 0 Å². The van der Waals surface area contributed by atoms with Crippen molar-refractivity contribution in [2.24, 2.45) is 11.3 Å². The molecule has 1 aliphatic heterocycles. The van der Waals surface area contributed by atoms with Gasteiger partial charge < -0.3 is 10.1 Å². The van der Waals surface area contributed by atoms with Gasteiger partial charge in [0, 0.05) is 11.5 Å². The van der Waals surface area contributed by atoms with Crippen LogP contribution in [0.25, 0.3) is 0 Å². The Labute approximate surface area is 139 Å². The number of nitrogens with one attached hydrogen (secondary N) is 1. The fourth-order valence-corrected chi connectivity index (χ4v) is 5.49. The Morgan fingerprint density at radius 3 is 2.61 bits per heavy atom. The number of rotatable bonds is 6. The Kier molecular flexibility index (Phi) is 4.81. The van der Waals surface area contributed by atoms with Crippen LogP contribution in [0, 0.1) is 11.3 Å². The van der Waals surface area contributed by atoms with E-state index < -0.39 is 9.84 Å². The zero-order chi connectivity index (χ0) is 16.5. The van der Waals surface area contributed by atoms with Crippen LogP contribution in [0.2, 0.25) is 0 Å². The average Bonchev–Trinajstić information content (AvgIpc) is 2.86. The highest BCUT2D eigenvalue weighted by Crippen LogP contribution is 2.43. The van der Waals surface area contributed by atoms with Crippen molar-refractivity contribution in [2.45, 2.75) is 45.4 Å². The van der Waals surface area contributed by atoms with Crippen LogP contribution in [0.3, 0.4) is 0 Å². The van der Waals surface area contributed by atoms with Gasteiger partial charge in [-0.1, -0.05) is 44.2 Å². The summed E-state index contributed by atoms with van der Waals surface area (Å²) in [7, 11) is -2.78. The molecule has 4 nitrogen and oxygen atoms in total. The van der Waals surface area contributed by atoms with E-state index in [9.17, 15) is 8.42 Å². The van der Waals surface area contributed by atoms with Crippen molar-refractivity contribution >= 4 is 9.84 Å². The molecule has 3 rings (SSSR count). The van der Waals surface area contributed by atoms with Crippen LogP contribution in [0.5, 0.6) is 0 Å². The van der Waals surface area contributed by atoms with Gasteiger partial charge >= 0.3 is 0 Å². The van der Waals surface area contributed by atoms with E-state index >= 15 is 0 Å². The molecule has 5 heteroatoms. The predicted octanol–water partition coefficient (Wildman–Crippen LogP) is 2.39. The maximum absolute atomic E-state index is 11.5. The monoisotopic (exact) mass is 337 g/mol. The van der Waals surface area contributed by atoms with Gasteiger partial charge in [-0.05, 0) is 30.9 Å². The number of hydrogen-bond acceptors (Lipinski definition) is 4. The topological polar surface area (TPSA) is 55.4 Å². The van der Waals surface area contributed by atoms with Crippen molar-refractivity contribution in [3.8, 4) is 0 Å². The minimum absolute atomic E-state index is 0.0895. The van der Waals surface area contributed by atoms with Crippen LogP contribution in [-0.2, 0) is 21.2 Å². The summed E-state index contributed by atoms with van der Waals surface area (Å²) in [6, 6.07) is 10.7. The SMILES string of the molecule is CC1(C)[C@H](NC[C@H]2CCS(=O)(=O)C2)C[C@H]1OCc1ccccc1. The second-order valence-electron chi connectivity index (χ2n) is 7.57. The molecular weight excluding hydrogens is 310 g/mol. The first-order valence-electron chi connectivity index (χ1n) is 8.46. The van der Waals surface area contributed by atoms with E-state index in [4.69, 9.17) is 4.74 Å². The van der Waals surface area contributed by atoms with Crippen LogP contribution < -0.4 is 5.32 Å². The van der Waals surface area contributed by atoms with Gasteiger partial charge in [-0.3, -0.25) is 0 Å². The van der Waals surface area contributed by atoms with Gasteiger partial charge in [0.25, 0.3) is 0 Å². The van der Waals surface area contributed by atoms with Gasteiger partial charge in [-0.25, -0.2) is 8.42 Å². The summed E-state index contributed by atoms with van der Waals surface area (Å²) in [5, 5.41) is 3.57. The lowest BCUT2D eigenvalue weighted by atomic mass is 9.64. The first-order chi connectivity index (χ1) is 10.9. The molecule has 2 fully saturated rings. The van der Waals surface area contributed by atoms with Crippen molar-refractivity contribution in [2.75, 3.05) is 18.1 Å². The van der Waals surface area contributed by atoms with E-state index in [1.54, 1.807) is 0 Å². The average molecular weight is 337 g/mol. The molecule has 2 aliphatic rings. The van der Waals surface area contributed by atoms with E-state index in [0.717, 1.165) is 19.4 Å². The second-order valence-corrected chi connectivity index (χ2v) is 9.80. The molecule has 1 aromatic carbocycles. The summed E-state index contributed by atoms with van der Waals surface area (Å²) in [4.78, 5) is 0. The van der Waals surface area contributed by atoms with Crippen molar-refractivity contribution < 1.29 is 13.2 Å². The second kappa shape index (κ2) is 6.54. The third-order valence-corrected chi connectivity index (χ3v) is 7.29. The minimum Gasteiger partial charge on any atom is -0.373 e. The van der Waals surface area contributed by atoms with Crippen LogP contribution in [0.15, 0.2) is 30.3 Å². The van der Waals surface area contributed by atoms with Gasteiger partial charge in [0.15, 0.2) is 9.84 Å². The number of ether oxygens (including phenoxy) is 1. The minimum atomic E-state index is -2.78. The molecule has 0 aromatic heterocycles. The Morgan fingerprint density at radius 1 is 1.26 bits per heavy atom. The highest BCUT2D eigenvalue weighted by atomic mass is 32.2. The van der Waals surface area contributed by atoms with E-state index in [2.05, 4.69) is 31.3 Å². The van der Waals surface area contributed by atoms with Crippen LogP contribution >= 0.6 is 0 Å². The molecule has 128 valence electrons. The quantitative estimate of drug-likeness (QED) is 0.866. The van der Waals surface area contributed by atoms with Gasteiger partial charge in [-0.2, -0.15) is 0 Å². The lowest BCUT2D eigenvalue weighted by Gasteiger charge is -2.52. The lowest BCUT2D eigenvalue weighted by Crippen LogP contribution is -2.61. The van der Waals surface area contributed by atoms with Gasteiger partial charge in [0.05, 0.1) is 24.2 Å². The molecule has 1 saturated carbocycles. The Morgan fingerprint density at radius 2 is 2.00 bits per heavy atom. The van der Waals surface area contributed by atoms with Crippen LogP contribution in [-0.4, -0.2) is 38.6 Å². The van der Waals surface area contributed by atoms with E-state index in [-0.39, 0.29) is 17.4 Å². The zero-order valence-corrected chi connectivity index (χ0v) is 14.8. The van der Waals surface area contributed by atoms with Crippen molar-refractivity contribution in [1.29, 1.82) is 0 Å². The summed E-state index contributed by atoms with van der Waals surface area (Å²) < 4.78 is 29.1. The predicted molar refractivity (Wildman–Crippen MR) is 92.0 cm³/mol. The highest BCUT2D eigenvalue weighted by molar-refractivity contribution is 7.91. The molecule has 1 N–H and O–H groups in total. The fourth-order valence-electron chi connectivity index (χ4n) is 3.63. The molecule has 1 aliphatic carbocycles. The summed E-state index contributed by atoms with van der Waals surface area (Å²) >= 11 is 0. The molecule has 0 radical (unpaired) electrons. The van der Waals surface area contributed by atoms with Crippen LogP contribution in [0.4, 0.5) is 0 Å². The third kappa shape index (κ3) is 3.95. The van der Waals surface area contributed by atoms with E-state index in [1.165, 1.54) is 5.56 Å². The Hall–Kier alpha value is -0.910. The number of benzene rings is 1. The number of hydrogen-bond donors (Lipinski definition) is 1. The Bertz CT molecular complexity index is 627. The highest BCUT2D eigenvalue weighted by Gasteiger charge is 2.49. The standard InChI is InChI=1S/C18H27NO3S/c1-18(2)16(19-11-15-8-9-23(20,21)13-15)10-17(18)22-12-14-6-4-3-5-7-14/h3-7,15-17,19H,8-13H2,1-2H3/t15-,16-,17-/m1/s1. The molecule has 1 heterocycles. The summed E-state index contributed by atoms with van der Waals surface area (Å²) in [5.41, 5.74) is 1.29. The largest absolute Gasteiger partial charge is 0.373 e.